The second kappa shape index (κ2) is 14.8. The van der Waals surface area contributed by atoms with Crippen molar-refractivity contribution in [3.8, 4) is 0 Å². The van der Waals surface area contributed by atoms with Gasteiger partial charge in [-0.3, -0.25) is 14.5 Å². The van der Waals surface area contributed by atoms with Gasteiger partial charge in [-0.15, -0.1) is 0 Å². The van der Waals surface area contributed by atoms with Gasteiger partial charge in [0.05, 0.1) is 18.2 Å². The summed E-state index contributed by atoms with van der Waals surface area (Å²) in [6, 6.07) is 34.5. The Hall–Kier alpha value is -4.26. The van der Waals surface area contributed by atoms with Crippen LogP contribution in [0, 0.1) is 6.92 Å². The van der Waals surface area contributed by atoms with Gasteiger partial charge >= 0.3 is 0 Å². The molecule has 0 saturated carbocycles. The molecule has 0 aromatic heterocycles. The van der Waals surface area contributed by atoms with Gasteiger partial charge in [0.2, 0.25) is 0 Å². The van der Waals surface area contributed by atoms with Gasteiger partial charge in [-0.25, -0.2) is 0 Å². The highest BCUT2D eigenvalue weighted by molar-refractivity contribution is 6.00. The Labute approximate surface area is 256 Å². The minimum absolute atomic E-state index is 0.0875. The minimum Gasteiger partial charge on any atom is -0.390 e. The molecule has 0 aliphatic heterocycles. The molecule has 4 aromatic rings. The number of aliphatic hydroxyl groups excluding tert-OH is 1. The predicted octanol–water partition coefficient (Wildman–Crippen LogP) is 6.22. The van der Waals surface area contributed by atoms with E-state index in [1.807, 2.05) is 106 Å². The Kier molecular flexibility index (Phi) is 10.9. The summed E-state index contributed by atoms with van der Waals surface area (Å²) in [6.45, 7) is 6.34. The van der Waals surface area contributed by atoms with Crippen LogP contribution in [0.5, 0.6) is 0 Å². The van der Waals surface area contributed by atoms with E-state index in [1.54, 1.807) is 24.1 Å². The van der Waals surface area contributed by atoms with Crippen LogP contribution in [0.1, 0.15) is 68.9 Å². The molecule has 0 aliphatic rings. The van der Waals surface area contributed by atoms with Crippen molar-refractivity contribution in [2.24, 2.45) is 0 Å². The average molecular weight is 578 g/mol. The van der Waals surface area contributed by atoms with E-state index in [9.17, 15) is 14.7 Å². The smallest absolute Gasteiger partial charge is 0.254 e. The normalized spacial score (nSPS) is 14.0. The number of aliphatic hydroxyl groups is 1. The van der Waals surface area contributed by atoms with E-state index in [4.69, 9.17) is 0 Å². The molecule has 0 unspecified atom stereocenters. The van der Waals surface area contributed by atoms with Crippen LogP contribution in [-0.2, 0) is 6.42 Å². The van der Waals surface area contributed by atoms with Gasteiger partial charge in [0.25, 0.3) is 11.8 Å². The number of likely N-dealkylation sites (N-methyl/N-ethyl adjacent to an activating group) is 1. The number of amides is 2. The van der Waals surface area contributed by atoms with Crippen LogP contribution in [0.15, 0.2) is 109 Å². The van der Waals surface area contributed by atoms with Gasteiger partial charge in [0.1, 0.15) is 0 Å². The maximum atomic E-state index is 13.7. The first-order valence-electron chi connectivity index (χ1n) is 14.9. The summed E-state index contributed by atoms with van der Waals surface area (Å²) in [5.74, 6) is -0.484. The minimum atomic E-state index is -0.830. The molecule has 0 saturated heterocycles. The molecule has 0 spiro atoms. The lowest BCUT2D eigenvalue weighted by molar-refractivity contribution is 0.0656. The highest BCUT2D eigenvalue weighted by Crippen LogP contribution is 2.23. The summed E-state index contributed by atoms with van der Waals surface area (Å²) in [7, 11) is 3.76. The van der Waals surface area contributed by atoms with Gasteiger partial charge in [-0.2, -0.15) is 0 Å². The van der Waals surface area contributed by atoms with E-state index in [1.165, 1.54) is 0 Å². The summed E-state index contributed by atoms with van der Waals surface area (Å²) in [5, 5.41) is 14.6. The third-order valence-electron chi connectivity index (χ3n) is 8.27. The molecular formula is C37H43N3O3. The zero-order valence-electron chi connectivity index (χ0n) is 25.8. The zero-order valence-corrected chi connectivity index (χ0v) is 25.8. The molecule has 4 rings (SSSR count). The van der Waals surface area contributed by atoms with Crippen molar-refractivity contribution in [3.63, 3.8) is 0 Å². The average Bonchev–Trinajstić information content (AvgIpc) is 3.03. The third-order valence-corrected chi connectivity index (χ3v) is 8.27. The molecule has 0 radical (unpaired) electrons. The second-order valence-corrected chi connectivity index (χ2v) is 11.5. The molecule has 0 bridgehead atoms. The molecule has 0 aliphatic carbocycles. The number of rotatable bonds is 12. The molecule has 0 fully saturated rings. The van der Waals surface area contributed by atoms with Crippen LogP contribution in [0.4, 0.5) is 0 Å². The first-order chi connectivity index (χ1) is 20.6. The summed E-state index contributed by atoms with van der Waals surface area (Å²) in [6.07, 6.45) is -0.361. The molecule has 224 valence electrons. The maximum absolute atomic E-state index is 13.7. The number of nitrogens with zero attached hydrogens (tertiary/aromatic N) is 2. The standard InChI is InChI=1S/C37H43N3O3/c1-26-21-32(24-33(22-26)37(43)40(5)28(3)31-19-13-8-14-20-31)36(42)38-34(23-29-15-9-6-10-16-29)35(41)25-39(4)27(2)30-17-11-7-12-18-30/h6-22,24,27-28,34-35,41H,23,25H2,1-5H3,(H,38,42)/t27-,28-,34-,35+/m0/s1. The topological polar surface area (TPSA) is 72.9 Å². The van der Waals surface area contributed by atoms with Crippen LogP contribution in [0.2, 0.25) is 0 Å². The monoisotopic (exact) mass is 577 g/mol. The molecule has 2 N–H and O–H groups in total. The summed E-state index contributed by atoms with van der Waals surface area (Å²) in [4.78, 5) is 31.0. The van der Waals surface area contributed by atoms with Gasteiger partial charge in [0.15, 0.2) is 0 Å². The fraction of sp³-hybridized carbons (Fsp3) is 0.297. The molecule has 4 atom stereocenters. The maximum Gasteiger partial charge on any atom is 0.254 e. The van der Waals surface area contributed by atoms with Crippen LogP contribution >= 0.6 is 0 Å². The first-order valence-corrected chi connectivity index (χ1v) is 14.9. The van der Waals surface area contributed by atoms with Crippen LogP contribution in [-0.4, -0.2) is 59.5 Å². The molecule has 2 amide bonds. The zero-order chi connectivity index (χ0) is 30.9. The van der Waals surface area contributed by atoms with Gasteiger partial charge in [-0.05, 0) is 74.7 Å². The predicted molar refractivity (Wildman–Crippen MR) is 173 cm³/mol. The Balaban J connectivity index is 1.52. The van der Waals surface area contributed by atoms with Crippen molar-refractivity contribution in [1.82, 2.24) is 15.1 Å². The third kappa shape index (κ3) is 8.40. The van der Waals surface area contributed by atoms with Crippen molar-refractivity contribution in [1.29, 1.82) is 0 Å². The van der Waals surface area contributed by atoms with E-state index in [0.717, 1.165) is 22.3 Å². The van der Waals surface area contributed by atoms with E-state index >= 15 is 0 Å². The van der Waals surface area contributed by atoms with E-state index in [0.29, 0.717) is 24.1 Å². The number of aryl methyl sites for hydroxylation is 1. The van der Waals surface area contributed by atoms with Crippen LogP contribution < -0.4 is 5.32 Å². The van der Waals surface area contributed by atoms with Crippen LogP contribution in [0.3, 0.4) is 0 Å². The lowest BCUT2D eigenvalue weighted by atomic mass is 9.98. The Morgan fingerprint density at radius 3 is 1.84 bits per heavy atom. The number of hydrogen-bond donors (Lipinski definition) is 2. The van der Waals surface area contributed by atoms with Crippen molar-refractivity contribution in [2.45, 2.75) is 51.4 Å². The molecule has 6 heteroatoms. The Morgan fingerprint density at radius 1 is 0.744 bits per heavy atom. The largest absolute Gasteiger partial charge is 0.390 e. The van der Waals surface area contributed by atoms with Crippen molar-refractivity contribution in [2.75, 3.05) is 20.6 Å². The summed E-state index contributed by atoms with van der Waals surface area (Å²) < 4.78 is 0. The van der Waals surface area contributed by atoms with Gasteiger partial charge in [-0.1, -0.05) is 91.0 Å². The summed E-state index contributed by atoms with van der Waals surface area (Å²) >= 11 is 0. The van der Waals surface area contributed by atoms with E-state index < -0.39 is 12.1 Å². The molecule has 43 heavy (non-hydrogen) atoms. The second-order valence-electron chi connectivity index (χ2n) is 11.5. The van der Waals surface area contributed by atoms with Crippen molar-refractivity contribution < 1.29 is 14.7 Å². The lowest BCUT2D eigenvalue weighted by Crippen LogP contribution is -2.49. The lowest BCUT2D eigenvalue weighted by Gasteiger charge is -2.31. The molecule has 0 heterocycles. The molecule has 4 aromatic carbocycles. The quantitative estimate of drug-likeness (QED) is 0.210. The van der Waals surface area contributed by atoms with E-state index in [2.05, 4.69) is 29.3 Å². The number of carbonyl (C=O) groups excluding carboxylic acids is 2. The van der Waals surface area contributed by atoms with Crippen molar-refractivity contribution in [3.05, 3.63) is 143 Å². The fourth-order valence-electron chi connectivity index (χ4n) is 5.34. The van der Waals surface area contributed by atoms with Gasteiger partial charge < -0.3 is 15.3 Å². The number of carbonyl (C=O) groups is 2. The number of nitrogens with one attached hydrogen (secondary N) is 1. The number of benzene rings is 4. The van der Waals surface area contributed by atoms with E-state index in [-0.39, 0.29) is 23.9 Å². The molecular weight excluding hydrogens is 534 g/mol. The SMILES string of the molecule is Cc1cc(C(=O)N[C@@H](Cc2ccccc2)[C@H](O)CN(C)[C@@H](C)c2ccccc2)cc(C(=O)N(C)[C@@H](C)c2ccccc2)c1. The first kappa shape index (κ1) is 31.7. The van der Waals surface area contributed by atoms with Crippen molar-refractivity contribution >= 4 is 11.8 Å². The Morgan fingerprint density at radius 2 is 1.26 bits per heavy atom. The fourth-order valence-corrected chi connectivity index (χ4v) is 5.34. The van der Waals surface area contributed by atoms with Gasteiger partial charge in [0, 0.05) is 30.8 Å². The number of hydrogen-bond acceptors (Lipinski definition) is 4. The highest BCUT2D eigenvalue weighted by Gasteiger charge is 2.26. The molecule has 6 nitrogen and oxygen atoms in total. The summed E-state index contributed by atoms with van der Waals surface area (Å²) in [5.41, 5.74) is 4.86. The Bertz CT molecular complexity index is 1480. The highest BCUT2D eigenvalue weighted by atomic mass is 16.3. The van der Waals surface area contributed by atoms with Crippen LogP contribution in [0.25, 0.3) is 0 Å².